The van der Waals surface area contributed by atoms with E-state index in [0.29, 0.717) is 17.5 Å². The third-order valence-corrected chi connectivity index (χ3v) is 5.45. The van der Waals surface area contributed by atoms with Gasteiger partial charge in [-0.3, -0.25) is 9.89 Å². The summed E-state index contributed by atoms with van der Waals surface area (Å²) in [5.41, 5.74) is 0.295. The summed E-state index contributed by atoms with van der Waals surface area (Å²) in [6, 6.07) is 2.03. The predicted molar refractivity (Wildman–Crippen MR) is 83.9 cm³/mol. The second-order valence-corrected chi connectivity index (χ2v) is 8.39. The third-order valence-electron chi connectivity index (χ3n) is 4.51. The van der Waals surface area contributed by atoms with Crippen molar-refractivity contribution >= 4 is 16.9 Å². The monoisotopic (exact) mass is 281 g/mol. The molecule has 2 heterocycles. The molecule has 2 aliphatic heterocycles. The molecule has 0 bridgehead atoms. The van der Waals surface area contributed by atoms with E-state index >= 15 is 0 Å². The first-order chi connectivity index (χ1) is 9.02. The molecule has 1 N–H and O–H groups in total. The van der Waals surface area contributed by atoms with Crippen LogP contribution < -0.4 is 5.32 Å². The maximum Gasteiger partial charge on any atom is 0.157 e. The Morgan fingerprint density at radius 3 is 2.68 bits per heavy atom. The topological polar surface area (TPSA) is 27.6 Å². The second-order valence-electron chi connectivity index (χ2n) is 7.31. The molecule has 2 atom stereocenters. The van der Waals surface area contributed by atoms with E-state index in [1.54, 1.807) is 0 Å². The zero-order valence-corrected chi connectivity index (χ0v) is 13.3. The fraction of sp³-hybridized carbons (Fsp3) is 0.933. The highest BCUT2D eigenvalue weighted by Gasteiger charge is 2.35. The molecular formula is C15H27N3S. The Kier molecular flexibility index (Phi) is 3.82. The van der Waals surface area contributed by atoms with E-state index < -0.39 is 0 Å². The first kappa shape index (κ1) is 13.7. The average Bonchev–Trinajstić information content (AvgIpc) is 3.10. The highest BCUT2D eigenvalue weighted by molar-refractivity contribution is 8.13. The maximum absolute atomic E-state index is 4.95. The minimum Gasteiger partial charge on any atom is -0.361 e. The molecule has 4 heteroatoms. The maximum atomic E-state index is 4.95. The van der Waals surface area contributed by atoms with E-state index in [0.717, 1.165) is 6.04 Å². The lowest BCUT2D eigenvalue weighted by Gasteiger charge is -2.31. The van der Waals surface area contributed by atoms with E-state index in [4.69, 9.17) is 4.99 Å². The summed E-state index contributed by atoms with van der Waals surface area (Å²) >= 11 is 1.92. The lowest BCUT2D eigenvalue weighted by molar-refractivity contribution is 0.313. The van der Waals surface area contributed by atoms with E-state index in [1.165, 1.54) is 49.7 Å². The van der Waals surface area contributed by atoms with Crippen LogP contribution in [0.3, 0.4) is 0 Å². The van der Waals surface area contributed by atoms with Gasteiger partial charge in [0.05, 0.1) is 6.04 Å². The summed E-state index contributed by atoms with van der Waals surface area (Å²) in [6.07, 6.45) is 5.36. The first-order valence-corrected chi connectivity index (χ1v) is 8.72. The summed E-state index contributed by atoms with van der Waals surface area (Å²) in [7, 11) is 0. The summed E-state index contributed by atoms with van der Waals surface area (Å²) in [5.74, 6) is 1.22. The number of rotatable bonds is 2. The van der Waals surface area contributed by atoms with E-state index in [-0.39, 0.29) is 0 Å². The molecule has 2 unspecified atom stereocenters. The molecule has 3 rings (SSSR count). The van der Waals surface area contributed by atoms with Crippen molar-refractivity contribution in [3.05, 3.63) is 0 Å². The number of hydrogen-bond acceptors (Lipinski definition) is 4. The smallest absolute Gasteiger partial charge is 0.157 e. The van der Waals surface area contributed by atoms with Crippen molar-refractivity contribution in [3.63, 3.8) is 0 Å². The van der Waals surface area contributed by atoms with Gasteiger partial charge in [0, 0.05) is 30.9 Å². The lowest BCUT2D eigenvalue weighted by Crippen LogP contribution is -2.39. The molecule has 1 saturated carbocycles. The molecule has 3 aliphatic rings. The van der Waals surface area contributed by atoms with Crippen LogP contribution in [0.1, 0.15) is 46.5 Å². The average molecular weight is 281 g/mol. The molecule has 0 aromatic carbocycles. The first-order valence-electron chi connectivity index (χ1n) is 7.73. The molecule has 0 aromatic heterocycles. The molecule has 19 heavy (non-hydrogen) atoms. The summed E-state index contributed by atoms with van der Waals surface area (Å²) in [4.78, 5) is 7.61. The Morgan fingerprint density at radius 1 is 1.21 bits per heavy atom. The number of nitrogens with one attached hydrogen (secondary N) is 1. The van der Waals surface area contributed by atoms with Gasteiger partial charge < -0.3 is 5.32 Å². The van der Waals surface area contributed by atoms with Crippen LogP contribution in [0.15, 0.2) is 4.99 Å². The molecular weight excluding hydrogens is 254 g/mol. The van der Waals surface area contributed by atoms with E-state index in [9.17, 15) is 0 Å². The van der Waals surface area contributed by atoms with Gasteiger partial charge in [-0.1, -0.05) is 32.5 Å². The molecule has 1 saturated heterocycles. The number of nitrogens with zero attached hydrogens (tertiary/aromatic N) is 2. The van der Waals surface area contributed by atoms with Gasteiger partial charge in [-0.2, -0.15) is 0 Å². The SMILES string of the molecule is CC(C)(C)C1CCSC(NC2CCN(C3CC3)C2)=N1. The Balaban J connectivity index is 1.55. The normalized spacial score (nSPS) is 33.3. The summed E-state index contributed by atoms with van der Waals surface area (Å²) in [5, 5.41) is 4.91. The number of likely N-dealkylation sites (tertiary alicyclic amines) is 1. The summed E-state index contributed by atoms with van der Waals surface area (Å²) in [6.45, 7) is 9.42. The van der Waals surface area contributed by atoms with Crippen LogP contribution in [0.2, 0.25) is 0 Å². The van der Waals surface area contributed by atoms with Gasteiger partial charge in [-0.05, 0) is 31.1 Å². The van der Waals surface area contributed by atoms with Crippen molar-refractivity contribution in [3.8, 4) is 0 Å². The van der Waals surface area contributed by atoms with Crippen LogP contribution in [0, 0.1) is 5.41 Å². The number of amidine groups is 1. The zero-order chi connectivity index (χ0) is 13.5. The Morgan fingerprint density at radius 2 is 2.00 bits per heavy atom. The molecule has 1 aliphatic carbocycles. The quantitative estimate of drug-likeness (QED) is 0.843. The minimum absolute atomic E-state index is 0.295. The van der Waals surface area contributed by atoms with Crippen molar-refractivity contribution in [2.24, 2.45) is 10.4 Å². The standard InChI is InChI=1S/C15H27N3S/c1-15(2,3)13-7-9-19-14(17-13)16-11-6-8-18(10-11)12-4-5-12/h11-13H,4-10H2,1-3H3,(H,16,17). The molecule has 108 valence electrons. The van der Waals surface area contributed by atoms with Crippen LogP contribution >= 0.6 is 11.8 Å². The number of aliphatic imine (C=N–C) groups is 1. The van der Waals surface area contributed by atoms with Gasteiger partial charge in [0.25, 0.3) is 0 Å². The van der Waals surface area contributed by atoms with Crippen molar-refractivity contribution in [1.82, 2.24) is 10.2 Å². The van der Waals surface area contributed by atoms with Crippen molar-refractivity contribution in [1.29, 1.82) is 0 Å². The van der Waals surface area contributed by atoms with Gasteiger partial charge in [-0.15, -0.1) is 0 Å². The summed E-state index contributed by atoms with van der Waals surface area (Å²) < 4.78 is 0. The van der Waals surface area contributed by atoms with E-state index in [1.807, 2.05) is 11.8 Å². The Bertz CT molecular complexity index is 357. The largest absolute Gasteiger partial charge is 0.361 e. The Labute approximate surface area is 121 Å². The predicted octanol–water partition coefficient (Wildman–Crippen LogP) is 2.72. The van der Waals surface area contributed by atoms with Crippen LogP contribution in [-0.2, 0) is 0 Å². The number of thioether (sulfide) groups is 1. The van der Waals surface area contributed by atoms with Gasteiger partial charge in [-0.25, -0.2) is 0 Å². The van der Waals surface area contributed by atoms with Crippen molar-refractivity contribution in [2.75, 3.05) is 18.8 Å². The lowest BCUT2D eigenvalue weighted by atomic mass is 9.85. The molecule has 0 aromatic rings. The van der Waals surface area contributed by atoms with Crippen LogP contribution in [0.5, 0.6) is 0 Å². The highest BCUT2D eigenvalue weighted by Crippen LogP contribution is 2.32. The molecule has 2 fully saturated rings. The van der Waals surface area contributed by atoms with Crippen LogP contribution in [-0.4, -0.2) is 47.0 Å². The van der Waals surface area contributed by atoms with Gasteiger partial charge in [0.2, 0.25) is 0 Å². The van der Waals surface area contributed by atoms with Crippen molar-refractivity contribution in [2.45, 2.75) is 64.6 Å². The second kappa shape index (κ2) is 5.28. The van der Waals surface area contributed by atoms with E-state index in [2.05, 4.69) is 31.0 Å². The molecule has 0 spiro atoms. The van der Waals surface area contributed by atoms with Crippen LogP contribution in [0.25, 0.3) is 0 Å². The minimum atomic E-state index is 0.295. The molecule has 3 nitrogen and oxygen atoms in total. The Hall–Kier alpha value is -0.220. The van der Waals surface area contributed by atoms with Crippen molar-refractivity contribution < 1.29 is 0 Å². The van der Waals surface area contributed by atoms with Crippen LogP contribution in [0.4, 0.5) is 0 Å². The molecule has 0 radical (unpaired) electrons. The third kappa shape index (κ3) is 3.46. The van der Waals surface area contributed by atoms with Gasteiger partial charge in [0.1, 0.15) is 0 Å². The fourth-order valence-electron chi connectivity index (χ4n) is 3.07. The fourth-order valence-corrected chi connectivity index (χ4v) is 4.05. The van der Waals surface area contributed by atoms with Gasteiger partial charge >= 0.3 is 0 Å². The zero-order valence-electron chi connectivity index (χ0n) is 12.5. The van der Waals surface area contributed by atoms with Gasteiger partial charge in [0.15, 0.2) is 5.17 Å². The highest BCUT2D eigenvalue weighted by atomic mass is 32.2. The number of hydrogen-bond donors (Lipinski definition) is 1. The molecule has 0 amide bonds.